The molecule has 0 radical (unpaired) electrons. The number of hydrogen-bond acceptors (Lipinski definition) is 4. The predicted octanol–water partition coefficient (Wildman–Crippen LogP) is 3.72. The lowest BCUT2D eigenvalue weighted by molar-refractivity contribution is 0.252. The molecule has 1 aromatic heterocycles. The molecular formula is C24H35N5S. The van der Waals surface area contributed by atoms with Crippen molar-refractivity contribution in [2.45, 2.75) is 45.2 Å². The molecule has 2 aliphatic rings. The minimum atomic E-state index is 0.512. The molecular weight excluding hydrogens is 390 g/mol. The molecule has 0 atom stereocenters. The number of rotatable bonds is 7. The topological polar surface area (TPSA) is 42.9 Å². The number of benzene rings is 1. The Bertz CT molecular complexity index is 796. The maximum Gasteiger partial charge on any atom is 0.191 e. The quantitative estimate of drug-likeness (QED) is 0.403. The minimum absolute atomic E-state index is 0.512. The van der Waals surface area contributed by atoms with Crippen LogP contribution in [0.15, 0.2) is 46.8 Å². The van der Waals surface area contributed by atoms with Gasteiger partial charge in [-0.2, -0.15) is 0 Å². The van der Waals surface area contributed by atoms with Crippen molar-refractivity contribution in [3.05, 3.63) is 52.9 Å². The Kier molecular flexibility index (Phi) is 7.65. The van der Waals surface area contributed by atoms with E-state index in [2.05, 4.69) is 69.1 Å². The zero-order valence-corrected chi connectivity index (χ0v) is 19.0. The smallest absolute Gasteiger partial charge is 0.191 e. The van der Waals surface area contributed by atoms with E-state index in [0.717, 1.165) is 64.5 Å². The molecule has 162 valence electrons. The first kappa shape index (κ1) is 21.2. The van der Waals surface area contributed by atoms with Crippen molar-refractivity contribution in [1.82, 2.24) is 15.5 Å². The van der Waals surface area contributed by atoms with E-state index in [1.807, 2.05) is 11.3 Å². The summed E-state index contributed by atoms with van der Waals surface area (Å²) in [6.07, 6.45) is 4.61. The number of anilines is 1. The van der Waals surface area contributed by atoms with Crippen LogP contribution in [0, 0.1) is 0 Å². The fraction of sp³-hybridized carbons (Fsp3) is 0.542. The molecule has 6 heteroatoms. The summed E-state index contributed by atoms with van der Waals surface area (Å²) in [4.78, 5) is 9.93. The molecule has 0 saturated carbocycles. The third kappa shape index (κ3) is 5.76. The summed E-state index contributed by atoms with van der Waals surface area (Å²) in [5.74, 6) is 0.982. The summed E-state index contributed by atoms with van der Waals surface area (Å²) in [5.41, 5.74) is 3.02. The van der Waals surface area contributed by atoms with Crippen LogP contribution in [0.2, 0.25) is 0 Å². The molecule has 0 bridgehead atoms. The maximum atomic E-state index is 4.86. The number of aliphatic imine (C=N–C) groups is 1. The average molecular weight is 426 g/mol. The number of fused-ring (bicyclic) bond motifs is 1. The summed E-state index contributed by atoms with van der Waals surface area (Å²) < 4.78 is 0. The largest absolute Gasteiger partial charge is 0.363 e. The van der Waals surface area contributed by atoms with Crippen LogP contribution in [0.5, 0.6) is 0 Å². The summed E-state index contributed by atoms with van der Waals surface area (Å²) in [6.45, 7) is 9.54. The van der Waals surface area contributed by atoms with Gasteiger partial charge in [-0.05, 0) is 61.2 Å². The highest BCUT2D eigenvalue weighted by atomic mass is 32.1. The highest BCUT2D eigenvalue weighted by Crippen LogP contribution is 2.24. The van der Waals surface area contributed by atoms with Crippen molar-refractivity contribution in [3.63, 3.8) is 0 Å². The van der Waals surface area contributed by atoms with E-state index in [-0.39, 0.29) is 0 Å². The van der Waals surface area contributed by atoms with Crippen LogP contribution in [0.4, 0.5) is 5.00 Å². The SMILES string of the molecule is CCNC(=NCCCN1CCc2ccccc2C1)NC1CCN(c2cccs2)CC1. The zero-order chi connectivity index (χ0) is 20.6. The van der Waals surface area contributed by atoms with Crippen LogP contribution in [0.1, 0.15) is 37.3 Å². The molecule has 3 heterocycles. The number of nitrogens with zero attached hydrogens (tertiary/aromatic N) is 3. The molecule has 1 fully saturated rings. The number of thiophene rings is 1. The predicted molar refractivity (Wildman–Crippen MR) is 129 cm³/mol. The van der Waals surface area contributed by atoms with Crippen LogP contribution >= 0.6 is 11.3 Å². The second-order valence-corrected chi connectivity index (χ2v) is 9.19. The summed E-state index contributed by atoms with van der Waals surface area (Å²) in [6, 6.07) is 13.7. The molecule has 0 unspecified atom stereocenters. The Labute approximate surface area is 185 Å². The molecule has 0 spiro atoms. The summed E-state index contributed by atoms with van der Waals surface area (Å²) in [7, 11) is 0. The minimum Gasteiger partial charge on any atom is -0.363 e. The number of guanidine groups is 1. The molecule has 0 amide bonds. The van der Waals surface area contributed by atoms with Gasteiger partial charge >= 0.3 is 0 Å². The highest BCUT2D eigenvalue weighted by Gasteiger charge is 2.20. The van der Waals surface area contributed by atoms with Gasteiger partial charge in [0.15, 0.2) is 5.96 Å². The Morgan fingerprint density at radius 1 is 1.10 bits per heavy atom. The van der Waals surface area contributed by atoms with Crippen LogP contribution in [-0.2, 0) is 13.0 Å². The molecule has 4 rings (SSSR count). The number of piperidine rings is 1. The Balaban J connectivity index is 1.20. The van der Waals surface area contributed by atoms with Crippen LogP contribution in [0.25, 0.3) is 0 Å². The molecule has 2 N–H and O–H groups in total. The second-order valence-electron chi connectivity index (χ2n) is 8.27. The molecule has 30 heavy (non-hydrogen) atoms. The Morgan fingerprint density at radius 2 is 1.93 bits per heavy atom. The normalized spacial score (nSPS) is 18.3. The van der Waals surface area contributed by atoms with E-state index < -0.39 is 0 Å². The van der Waals surface area contributed by atoms with Gasteiger partial charge in [0.05, 0.1) is 5.00 Å². The van der Waals surface area contributed by atoms with Crippen LogP contribution in [-0.4, -0.2) is 56.2 Å². The van der Waals surface area contributed by atoms with Crippen molar-refractivity contribution < 1.29 is 0 Å². The fourth-order valence-electron chi connectivity index (χ4n) is 4.44. The lowest BCUT2D eigenvalue weighted by Crippen LogP contribution is -2.48. The van der Waals surface area contributed by atoms with Crippen molar-refractivity contribution in [3.8, 4) is 0 Å². The first-order valence-corrected chi connectivity index (χ1v) is 12.3. The van der Waals surface area contributed by atoms with Crippen LogP contribution in [0.3, 0.4) is 0 Å². The van der Waals surface area contributed by atoms with Gasteiger partial charge in [0.25, 0.3) is 0 Å². The molecule has 1 saturated heterocycles. The van der Waals surface area contributed by atoms with Crippen molar-refractivity contribution in [2.75, 3.05) is 44.2 Å². The van der Waals surface area contributed by atoms with Gasteiger partial charge in [-0.25, -0.2) is 0 Å². The fourth-order valence-corrected chi connectivity index (χ4v) is 5.22. The highest BCUT2D eigenvalue weighted by molar-refractivity contribution is 7.14. The third-order valence-corrected chi connectivity index (χ3v) is 7.04. The van der Waals surface area contributed by atoms with Gasteiger partial charge in [0, 0.05) is 51.9 Å². The van der Waals surface area contributed by atoms with Gasteiger partial charge in [0.2, 0.25) is 0 Å². The van der Waals surface area contributed by atoms with E-state index in [1.165, 1.54) is 29.1 Å². The molecule has 1 aromatic carbocycles. The van der Waals surface area contributed by atoms with E-state index >= 15 is 0 Å². The average Bonchev–Trinajstić information content (AvgIpc) is 3.32. The second kappa shape index (κ2) is 10.8. The molecule has 2 aliphatic heterocycles. The first-order valence-electron chi connectivity index (χ1n) is 11.4. The van der Waals surface area contributed by atoms with Gasteiger partial charge in [-0.15, -0.1) is 11.3 Å². The lowest BCUT2D eigenvalue weighted by Gasteiger charge is -2.33. The lowest BCUT2D eigenvalue weighted by atomic mass is 10.00. The number of nitrogens with one attached hydrogen (secondary N) is 2. The van der Waals surface area contributed by atoms with Crippen molar-refractivity contribution >= 4 is 22.3 Å². The van der Waals surface area contributed by atoms with Crippen molar-refractivity contribution in [1.29, 1.82) is 0 Å². The molecule has 0 aliphatic carbocycles. The van der Waals surface area contributed by atoms with E-state index in [9.17, 15) is 0 Å². The van der Waals surface area contributed by atoms with Crippen LogP contribution < -0.4 is 15.5 Å². The first-order chi connectivity index (χ1) is 14.8. The Hall–Kier alpha value is -2.05. The standard InChI is InChI=1S/C24H35N5S/c1-2-25-24(27-22-11-16-29(17-12-22)23-9-5-18-30-23)26-13-6-14-28-15-10-20-7-3-4-8-21(20)19-28/h3-5,7-9,18,22H,2,6,10-17,19H2,1H3,(H2,25,26,27). The zero-order valence-electron chi connectivity index (χ0n) is 18.1. The summed E-state index contributed by atoms with van der Waals surface area (Å²) in [5, 5.41) is 10.7. The summed E-state index contributed by atoms with van der Waals surface area (Å²) >= 11 is 1.84. The third-order valence-electron chi connectivity index (χ3n) is 6.11. The Morgan fingerprint density at radius 3 is 2.70 bits per heavy atom. The van der Waals surface area contributed by atoms with Gasteiger partial charge in [-0.3, -0.25) is 9.89 Å². The van der Waals surface area contributed by atoms with E-state index in [1.54, 1.807) is 0 Å². The molecule has 5 nitrogen and oxygen atoms in total. The van der Waals surface area contributed by atoms with Gasteiger partial charge < -0.3 is 15.5 Å². The number of hydrogen-bond donors (Lipinski definition) is 2. The van der Waals surface area contributed by atoms with E-state index in [0.29, 0.717) is 6.04 Å². The maximum absolute atomic E-state index is 4.86. The van der Waals surface area contributed by atoms with E-state index in [4.69, 9.17) is 4.99 Å². The van der Waals surface area contributed by atoms with Gasteiger partial charge in [0.1, 0.15) is 0 Å². The van der Waals surface area contributed by atoms with Gasteiger partial charge in [-0.1, -0.05) is 24.3 Å². The molecule has 2 aromatic rings. The van der Waals surface area contributed by atoms with Crippen molar-refractivity contribution in [2.24, 2.45) is 4.99 Å². The monoisotopic (exact) mass is 425 g/mol.